The van der Waals surface area contributed by atoms with Crippen LogP contribution in [0.5, 0.6) is 0 Å². The van der Waals surface area contributed by atoms with Crippen molar-refractivity contribution in [2.45, 2.75) is 47.1 Å². The van der Waals surface area contributed by atoms with Crippen LogP contribution in [0.25, 0.3) is 0 Å². The van der Waals surface area contributed by atoms with Crippen molar-refractivity contribution in [2.24, 2.45) is 11.3 Å². The van der Waals surface area contributed by atoms with Gasteiger partial charge in [-0.15, -0.1) is 0 Å². The maximum absolute atomic E-state index is 11.8. The molecule has 0 spiro atoms. The first-order valence-corrected chi connectivity index (χ1v) is 8.09. The zero-order valence-corrected chi connectivity index (χ0v) is 15.8. The fourth-order valence-electron chi connectivity index (χ4n) is 2.09. The Morgan fingerprint density at radius 3 is 2.43 bits per heavy atom. The predicted molar refractivity (Wildman–Crippen MR) is 95.8 cm³/mol. The van der Waals surface area contributed by atoms with E-state index in [0.717, 1.165) is 6.42 Å². The molecule has 0 saturated heterocycles. The smallest absolute Gasteiger partial charge is 0.314 e. The van der Waals surface area contributed by atoms with Crippen LogP contribution in [0.4, 0.5) is 0 Å². The van der Waals surface area contributed by atoms with E-state index in [4.69, 9.17) is 9.47 Å². The average molecular weight is 323 g/mol. The second-order valence-corrected chi connectivity index (χ2v) is 6.54. The molecule has 0 fully saturated rings. The Labute approximate surface area is 141 Å². The summed E-state index contributed by atoms with van der Waals surface area (Å²) in [6, 6.07) is 0.290. The SMILES string of the molecule is C=C/C=C(/OCC(C)(C)C(=O)OC)N(C)C(C)[C@@H](C)C/C=C\C. The Bertz CT molecular complexity index is 438. The van der Waals surface area contributed by atoms with Crippen LogP contribution in [0, 0.1) is 11.3 Å². The second-order valence-electron chi connectivity index (χ2n) is 6.54. The van der Waals surface area contributed by atoms with Gasteiger partial charge in [0.15, 0.2) is 5.88 Å². The molecular weight excluding hydrogens is 290 g/mol. The van der Waals surface area contributed by atoms with Crippen LogP contribution in [0.2, 0.25) is 0 Å². The van der Waals surface area contributed by atoms with E-state index in [0.29, 0.717) is 17.8 Å². The minimum absolute atomic E-state index is 0.250. The highest BCUT2D eigenvalue weighted by Crippen LogP contribution is 2.23. The number of ether oxygens (including phenoxy) is 2. The standard InChI is InChI=1S/C19H33NO3/c1-9-11-13-15(3)16(4)20(7)17(12-10-2)23-14-19(5,6)18(21)22-8/h9-12,15-16H,2,13-14H2,1,3-8H3/b11-9-,17-12+/t15-,16?/m0/s1. The minimum Gasteiger partial charge on any atom is -0.478 e. The first-order valence-electron chi connectivity index (χ1n) is 8.09. The minimum atomic E-state index is -0.699. The van der Waals surface area contributed by atoms with Crippen molar-refractivity contribution in [1.29, 1.82) is 0 Å². The van der Waals surface area contributed by atoms with Crippen LogP contribution in [0.3, 0.4) is 0 Å². The van der Waals surface area contributed by atoms with Crippen LogP contribution in [0.15, 0.2) is 36.8 Å². The van der Waals surface area contributed by atoms with E-state index >= 15 is 0 Å². The molecule has 0 radical (unpaired) electrons. The Hall–Kier alpha value is -1.71. The molecule has 0 aromatic heterocycles. The van der Waals surface area contributed by atoms with E-state index < -0.39 is 5.41 Å². The van der Waals surface area contributed by atoms with Crippen LogP contribution in [0.1, 0.15) is 41.0 Å². The van der Waals surface area contributed by atoms with Gasteiger partial charge < -0.3 is 14.4 Å². The molecule has 0 N–H and O–H groups in total. The summed E-state index contributed by atoms with van der Waals surface area (Å²) < 4.78 is 10.7. The lowest BCUT2D eigenvalue weighted by molar-refractivity contribution is -0.153. The third-order valence-corrected chi connectivity index (χ3v) is 4.10. The topological polar surface area (TPSA) is 38.8 Å². The molecule has 2 atom stereocenters. The lowest BCUT2D eigenvalue weighted by atomic mass is 9.95. The number of methoxy groups -OCH3 is 1. The lowest BCUT2D eigenvalue weighted by Crippen LogP contribution is -2.37. The maximum atomic E-state index is 11.8. The van der Waals surface area contributed by atoms with E-state index in [1.54, 1.807) is 6.08 Å². The number of rotatable bonds is 10. The van der Waals surface area contributed by atoms with E-state index in [1.165, 1.54) is 7.11 Å². The lowest BCUT2D eigenvalue weighted by Gasteiger charge is -2.34. The van der Waals surface area contributed by atoms with Crippen molar-refractivity contribution in [3.8, 4) is 0 Å². The first kappa shape index (κ1) is 21.3. The van der Waals surface area contributed by atoms with Gasteiger partial charge in [0.2, 0.25) is 0 Å². The summed E-state index contributed by atoms with van der Waals surface area (Å²) in [6.07, 6.45) is 8.77. The van der Waals surface area contributed by atoms with Crippen LogP contribution in [-0.2, 0) is 14.3 Å². The molecular formula is C19H33NO3. The maximum Gasteiger partial charge on any atom is 0.314 e. The van der Waals surface area contributed by atoms with Crippen molar-refractivity contribution in [1.82, 2.24) is 4.90 Å². The van der Waals surface area contributed by atoms with E-state index in [-0.39, 0.29) is 12.6 Å². The first-order chi connectivity index (χ1) is 10.7. The molecule has 0 saturated carbocycles. The highest BCUT2D eigenvalue weighted by Gasteiger charge is 2.31. The third kappa shape index (κ3) is 6.93. The Morgan fingerprint density at radius 2 is 1.96 bits per heavy atom. The molecule has 0 bridgehead atoms. The van der Waals surface area contributed by atoms with Crippen molar-refractivity contribution >= 4 is 5.97 Å². The van der Waals surface area contributed by atoms with E-state index in [9.17, 15) is 4.79 Å². The fourth-order valence-corrected chi connectivity index (χ4v) is 2.09. The van der Waals surface area contributed by atoms with E-state index in [2.05, 4.69) is 37.5 Å². The summed E-state index contributed by atoms with van der Waals surface area (Å²) in [5.41, 5.74) is -0.699. The van der Waals surface area contributed by atoms with Crippen molar-refractivity contribution in [3.63, 3.8) is 0 Å². The summed E-state index contributed by atoms with van der Waals surface area (Å²) in [4.78, 5) is 13.9. The van der Waals surface area contributed by atoms with Crippen LogP contribution < -0.4 is 0 Å². The second kappa shape index (κ2) is 10.1. The quantitative estimate of drug-likeness (QED) is 0.262. The summed E-state index contributed by atoms with van der Waals surface area (Å²) >= 11 is 0. The molecule has 0 aromatic carbocycles. The van der Waals surface area contributed by atoms with Gasteiger partial charge in [0.1, 0.15) is 6.61 Å². The molecule has 4 nitrogen and oxygen atoms in total. The Kier molecular flexibility index (Phi) is 9.38. The van der Waals surface area contributed by atoms with Gasteiger partial charge >= 0.3 is 5.97 Å². The van der Waals surface area contributed by atoms with E-state index in [1.807, 2.05) is 33.9 Å². The van der Waals surface area contributed by atoms with Crippen LogP contribution in [-0.4, -0.2) is 37.7 Å². The fraction of sp³-hybridized carbons (Fsp3) is 0.632. The van der Waals surface area contributed by atoms with Gasteiger partial charge in [-0.05, 0) is 46.1 Å². The normalized spacial score (nSPS) is 15.2. The predicted octanol–water partition coefficient (Wildman–Crippen LogP) is 4.15. The van der Waals surface area contributed by atoms with Gasteiger partial charge in [-0.3, -0.25) is 4.79 Å². The van der Waals surface area contributed by atoms with Gasteiger partial charge in [0.25, 0.3) is 0 Å². The van der Waals surface area contributed by atoms with Crippen molar-refractivity contribution in [3.05, 3.63) is 36.8 Å². The van der Waals surface area contributed by atoms with Crippen molar-refractivity contribution < 1.29 is 14.3 Å². The molecule has 23 heavy (non-hydrogen) atoms. The molecule has 0 rings (SSSR count). The molecule has 0 heterocycles. The average Bonchev–Trinajstić information content (AvgIpc) is 2.53. The van der Waals surface area contributed by atoms with Crippen LogP contribution >= 0.6 is 0 Å². The summed E-state index contributed by atoms with van der Waals surface area (Å²) in [6.45, 7) is 14.0. The number of carbonyl (C=O) groups excluding carboxylic acids is 1. The highest BCUT2D eigenvalue weighted by molar-refractivity contribution is 5.75. The Balaban J connectivity index is 4.95. The summed E-state index contributed by atoms with van der Waals surface area (Å²) in [5.74, 6) is 0.894. The molecule has 0 aromatic rings. The number of allylic oxidation sites excluding steroid dienone is 4. The zero-order valence-electron chi connectivity index (χ0n) is 15.8. The number of hydrogen-bond donors (Lipinski definition) is 0. The molecule has 1 unspecified atom stereocenters. The largest absolute Gasteiger partial charge is 0.478 e. The van der Waals surface area contributed by atoms with Gasteiger partial charge in [0, 0.05) is 13.1 Å². The monoisotopic (exact) mass is 323 g/mol. The van der Waals surface area contributed by atoms with Gasteiger partial charge in [-0.25, -0.2) is 0 Å². The number of hydrogen-bond acceptors (Lipinski definition) is 4. The molecule has 0 amide bonds. The summed E-state index contributed by atoms with van der Waals surface area (Å²) in [5, 5.41) is 0. The zero-order chi connectivity index (χ0) is 18.0. The van der Waals surface area contributed by atoms with Gasteiger partial charge in [0.05, 0.1) is 12.5 Å². The number of esters is 1. The van der Waals surface area contributed by atoms with Crippen molar-refractivity contribution in [2.75, 3.05) is 20.8 Å². The number of carbonyl (C=O) groups is 1. The number of nitrogens with zero attached hydrogens (tertiary/aromatic N) is 1. The van der Waals surface area contributed by atoms with Gasteiger partial charge in [-0.2, -0.15) is 0 Å². The molecule has 132 valence electrons. The van der Waals surface area contributed by atoms with Gasteiger partial charge in [-0.1, -0.05) is 31.7 Å². The Morgan fingerprint density at radius 1 is 1.35 bits per heavy atom. The highest BCUT2D eigenvalue weighted by atomic mass is 16.5. The molecule has 4 heteroatoms. The molecule has 0 aliphatic carbocycles. The summed E-state index contributed by atoms with van der Waals surface area (Å²) in [7, 11) is 3.39. The molecule has 0 aliphatic heterocycles. The molecule has 0 aliphatic rings. The third-order valence-electron chi connectivity index (χ3n) is 4.10.